The monoisotopic (exact) mass is 402 g/mol. The molecule has 1 aliphatic rings. The van der Waals surface area contributed by atoms with Gasteiger partial charge in [0, 0.05) is 31.7 Å². The molecular formula is C16H27IN4. The highest BCUT2D eigenvalue weighted by molar-refractivity contribution is 14.0. The minimum atomic E-state index is 0. The van der Waals surface area contributed by atoms with Crippen LogP contribution in [0.2, 0.25) is 0 Å². The molecule has 0 saturated heterocycles. The molecule has 0 fully saturated rings. The Bertz CT molecular complexity index is 459. The van der Waals surface area contributed by atoms with Crippen LogP contribution in [0.1, 0.15) is 32.4 Å². The number of hydrogen-bond donors (Lipinski definition) is 2. The first-order valence-corrected chi connectivity index (χ1v) is 7.30. The van der Waals surface area contributed by atoms with E-state index < -0.39 is 0 Å². The maximum Gasteiger partial charge on any atom is 0.193 e. The van der Waals surface area contributed by atoms with Gasteiger partial charge in [0.1, 0.15) is 0 Å². The number of nitrogens with zero attached hydrogens (tertiary/aromatic N) is 2. The Morgan fingerprint density at radius 3 is 2.52 bits per heavy atom. The van der Waals surface area contributed by atoms with E-state index in [0.717, 1.165) is 25.6 Å². The number of guanidine groups is 1. The zero-order valence-corrected chi connectivity index (χ0v) is 15.7. The number of rotatable bonds is 5. The summed E-state index contributed by atoms with van der Waals surface area (Å²) in [4.78, 5) is 6.62. The lowest BCUT2D eigenvalue weighted by atomic mass is 10.0. The zero-order valence-electron chi connectivity index (χ0n) is 13.4. The first-order valence-electron chi connectivity index (χ1n) is 7.30. The number of halogens is 1. The van der Waals surface area contributed by atoms with Gasteiger partial charge in [0.25, 0.3) is 0 Å². The number of nitrogens with one attached hydrogen (secondary N) is 2. The first kappa shape index (κ1) is 18.2. The Kier molecular flexibility index (Phi) is 6.93. The highest BCUT2D eigenvalue weighted by atomic mass is 127. The van der Waals surface area contributed by atoms with E-state index in [2.05, 4.69) is 78.7 Å². The summed E-state index contributed by atoms with van der Waals surface area (Å²) in [7, 11) is 2.08. The predicted octanol–water partition coefficient (Wildman–Crippen LogP) is 2.62. The molecule has 0 aliphatic carbocycles. The molecule has 1 aliphatic heterocycles. The summed E-state index contributed by atoms with van der Waals surface area (Å²) in [5, 5.41) is 7.12. The van der Waals surface area contributed by atoms with Crippen molar-refractivity contribution in [1.82, 2.24) is 15.5 Å². The SMILES string of the molecule is CC(NC(C)(C)CNC1=NCCN1C)c1ccccc1.I. The van der Waals surface area contributed by atoms with E-state index in [9.17, 15) is 0 Å². The Morgan fingerprint density at radius 1 is 1.29 bits per heavy atom. The van der Waals surface area contributed by atoms with Gasteiger partial charge in [-0.05, 0) is 26.3 Å². The van der Waals surface area contributed by atoms with Crippen LogP contribution >= 0.6 is 24.0 Å². The number of hydrogen-bond acceptors (Lipinski definition) is 4. The molecule has 0 bridgehead atoms. The van der Waals surface area contributed by atoms with Crippen LogP contribution in [0.25, 0.3) is 0 Å². The van der Waals surface area contributed by atoms with Gasteiger partial charge in [0.15, 0.2) is 5.96 Å². The maximum absolute atomic E-state index is 4.46. The lowest BCUT2D eigenvalue weighted by Crippen LogP contribution is -2.51. The summed E-state index contributed by atoms with van der Waals surface area (Å²) >= 11 is 0. The minimum absolute atomic E-state index is 0. The maximum atomic E-state index is 4.46. The molecule has 2 N–H and O–H groups in total. The van der Waals surface area contributed by atoms with Gasteiger partial charge in [-0.2, -0.15) is 0 Å². The van der Waals surface area contributed by atoms with Crippen molar-refractivity contribution in [2.75, 3.05) is 26.7 Å². The third kappa shape index (κ3) is 5.47. The van der Waals surface area contributed by atoms with E-state index in [1.807, 2.05) is 0 Å². The van der Waals surface area contributed by atoms with E-state index in [0.29, 0.717) is 6.04 Å². The molecule has 1 aromatic rings. The van der Waals surface area contributed by atoms with Crippen molar-refractivity contribution in [3.8, 4) is 0 Å². The minimum Gasteiger partial charge on any atom is -0.354 e. The van der Waals surface area contributed by atoms with Crippen molar-refractivity contribution in [2.24, 2.45) is 4.99 Å². The molecule has 5 heteroatoms. The number of aliphatic imine (C=N–C) groups is 1. The van der Waals surface area contributed by atoms with Crippen LogP contribution in [-0.4, -0.2) is 43.1 Å². The molecule has 1 heterocycles. The van der Waals surface area contributed by atoms with Gasteiger partial charge >= 0.3 is 0 Å². The smallest absolute Gasteiger partial charge is 0.193 e. The third-order valence-electron chi connectivity index (χ3n) is 3.65. The highest BCUT2D eigenvalue weighted by Crippen LogP contribution is 2.15. The first-order chi connectivity index (χ1) is 9.48. The topological polar surface area (TPSA) is 39.7 Å². The van der Waals surface area contributed by atoms with Gasteiger partial charge in [0.2, 0.25) is 0 Å². The fraction of sp³-hybridized carbons (Fsp3) is 0.562. The molecule has 0 spiro atoms. The molecule has 0 aromatic heterocycles. The van der Waals surface area contributed by atoms with Crippen LogP contribution in [0.3, 0.4) is 0 Å². The van der Waals surface area contributed by atoms with Crippen LogP contribution in [0.4, 0.5) is 0 Å². The Labute approximate surface area is 145 Å². The largest absolute Gasteiger partial charge is 0.354 e. The molecule has 1 atom stereocenters. The standard InChI is InChI=1S/C16H26N4.HI/c1-13(14-8-6-5-7-9-14)19-16(2,3)12-18-15-17-10-11-20(15)4;/h5-9,13,19H,10-12H2,1-4H3,(H,17,18);1H. The average molecular weight is 402 g/mol. The lowest BCUT2D eigenvalue weighted by Gasteiger charge is -2.31. The molecule has 2 rings (SSSR count). The fourth-order valence-electron chi connectivity index (χ4n) is 2.49. The summed E-state index contributed by atoms with van der Waals surface area (Å²) in [6.07, 6.45) is 0. The second-order valence-corrected chi connectivity index (χ2v) is 6.14. The van der Waals surface area contributed by atoms with Crippen molar-refractivity contribution in [1.29, 1.82) is 0 Å². The summed E-state index contributed by atoms with van der Waals surface area (Å²) in [5.41, 5.74) is 1.32. The van der Waals surface area contributed by atoms with Gasteiger partial charge in [-0.3, -0.25) is 4.99 Å². The van der Waals surface area contributed by atoms with Crippen molar-refractivity contribution in [3.05, 3.63) is 35.9 Å². The van der Waals surface area contributed by atoms with Gasteiger partial charge < -0.3 is 15.5 Å². The van der Waals surface area contributed by atoms with E-state index in [-0.39, 0.29) is 29.5 Å². The van der Waals surface area contributed by atoms with Crippen molar-refractivity contribution in [3.63, 3.8) is 0 Å². The predicted molar refractivity (Wildman–Crippen MR) is 100 cm³/mol. The fourth-order valence-corrected chi connectivity index (χ4v) is 2.49. The Morgan fingerprint density at radius 2 is 1.95 bits per heavy atom. The number of benzene rings is 1. The van der Waals surface area contributed by atoms with Crippen LogP contribution in [-0.2, 0) is 0 Å². The van der Waals surface area contributed by atoms with Crippen molar-refractivity contribution >= 4 is 29.9 Å². The van der Waals surface area contributed by atoms with Crippen molar-refractivity contribution in [2.45, 2.75) is 32.4 Å². The lowest BCUT2D eigenvalue weighted by molar-refractivity contribution is 0.342. The van der Waals surface area contributed by atoms with Crippen LogP contribution in [0.5, 0.6) is 0 Å². The highest BCUT2D eigenvalue weighted by Gasteiger charge is 2.22. The van der Waals surface area contributed by atoms with E-state index in [1.54, 1.807) is 0 Å². The summed E-state index contributed by atoms with van der Waals surface area (Å²) in [5.74, 6) is 1.01. The van der Waals surface area contributed by atoms with Crippen LogP contribution in [0.15, 0.2) is 35.3 Å². The second-order valence-electron chi connectivity index (χ2n) is 6.14. The Balaban J connectivity index is 0.00000220. The molecule has 1 aromatic carbocycles. The van der Waals surface area contributed by atoms with E-state index in [1.165, 1.54) is 5.56 Å². The molecule has 1 unspecified atom stereocenters. The molecule has 118 valence electrons. The van der Waals surface area contributed by atoms with Crippen molar-refractivity contribution < 1.29 is 0 Å². The van der Waals surface area contributed by atoms with Gasteiger partial charge in [-0.1, -0.05) is 30.3 Å². The molecule has 4 nitrogen and oxygen atoms in total. The van der Waals surface area contributed by atoms with Gasteiger partial charge in [0.05, 0.1) is 6.54 Å². The van der Waals surface area contributed by atoms with Crippen LogP contribution < -0.4 is 10.6 Å². The molecule has 0 saturated carbocycles. The third-order valence-corrected chi connectivity index (χ3v) is 3.65. The van der Waals surface area contributed by atoms with E-state index >= 15 is 0 Å². The molecular weight excluding hydrogens is 375 g/mol. The second kappa shape index (κ2) is 7.98. The normalized spacial score (nSPS) is 16.2. The zero-order chi connectivity index (χ0) is 14.6. The van der Waals surface area contributed by atoms with Crippen LogP contribution in [0, 0.1) is 0 Å². The summed E-state index contributed by atoms with van der Waals surface area (Å²) in [6.45, 7) is 9.40. The summed E-state index contributed by atoms with van der Waals surface area (Å²) < 4.78 is 0. The Hall–Kier alpha value is -0.820. The van der Waals surface area contributed by atoms with Gasteiger partial charge in [-0.25, -0.2) is 0 Å². The average Bonchev–Trinajstić information content (AvgIpc) is 2.83. The quantitative estimate of drug-likeness (QED) is 0.744. The summed E-state index contributed by atoms with van der Waals surface area (Å²) in [6, 6.07) is 10.9. The molecule has 21 heavy (non-hydrogen) atoms. The van der Waals surface area contributed by atoms with Gasteiger partial charge in [-0.15, -0.1) is 24.0 Å². The molecule has 0 amide bonds. The number of likely N-dealkylation sites (N-methyl/N-ethyl adjacent to an activating group) is 1. The van der Waals surface area contributed by atoms with E-state index in [4.69, 9.17) is 0 Å². The molecule has 0 radical (unpaired) electrons.